The maximum absolute atomic E-state index is 4.14. The summed E-state index contributed by atoms with van der Waals surface area (Å²) >= 11 is 0. The molecule has 0 spiro atoms. The molecule has 0 atom stereocenters. The lowest BCUT2D eigenvalue weighted by Crippen LogP contribution is -2.11. The van der Waals surface area contributed by atoms with Crippen LogP contribution in [-0.4, -0.2) is 9.55 Å². The zero-order valence-corrected chi connectivity index (χ0v) is 9.90. The molecule has 0 aliphatic rings. The fraction of sp³-hybridized carbons (Fsp3) is 0. The number of imidazole rings is 1. The molecule has 2 aromatic carbocycles. The lowest BCUT2D eigenvalue weighted by molar-refractivity contribution is 0.871. The van der Waals surface area contributed by atoms with E-state index in [4.69, 9.17) is 0 Å². The van der Waals surface area contributed by atoms with Crippen LogP contribution in [0.1, 0.15) is 11.1 Å². The summed E-state index contributed by atoms with van der Waals surface area (Å²) in [6, 6.07) is 21.9. The van der Waals surface area contributed by atoms with Crippen molar-refractivity contribution in [1.82, 2.24) is 9.55 Å². The molecular formula is C16H13N2. The highest BCUT2D eigenvalue weighted by molar-refractivity contribution is 5.45. The van der Waals surface area contributed by atoms with Crippen LogP contribution in [0.2, 0.25) is 0 Å². The van der Waals surface area contributed by atoms with Gasteiger partial charge in [0.15, 0.2) is 0 Å². The van der Waals surface area contributed by atoms with Crippen LogP contribution in [0.5, 0.6) is 0 Å². The molecule has 1 radical (unpaired) electrons. The van der Waals surface area contributed by atoms with Gasteiger partial charge in [-0.2, -0.15) is 0 Å². The van der Waals surface area contributed by atoms with Crippen LogP contribution in [0.15, 0.2) is 79.4 Å². The molecule has 87 valence electrons. The molecule has 0 aliphatic carbocycles. The van der Waals surface area contributed by atoms with E-state index in [9.17, 15) is 0 Å². The van der Waals surface area contributed by atoms with Crippen molar-refractivity contribution in [3.8, 4) is 0 Å². The number of rotatable bonds is 3. The van der Waals surface area contributed by atoms with Crippen LogP contribution in [0.4, 0.5) is 0 Å². The minimum absolute atomic E-state index is 1.15. The topological polar surface area (TPSA) is 17.8 Å². The lowest BCUT2D eigenvalue weighted by atomic mass is 9.99. The third kappa shape index (κ3) is 2.05. The first-order valence-electron chi connectivity index (χ1n) is 5.91. The first kappa shape index (κ1) is 10.8. The van der Waals surface area contributed by atoms with Gasteiger partial charge in [0.25, 0.3) is 0 Å². The Morgan fingerprint density at radius 2 is 1.33 bits per heavy atom. The monoisotopic (exact) mass is 233 g/mol. The Morgan fingerprint density at radius 3 is 1.78 bits per heavy atom. The van der Waals surface area contributed by atoms with Gasteiger partial charge in [0.05, 0.1) is 6.33 Å². The highest BCUT2D eigenvalue weighted by atomic mass is 15.0. The summed E-state index contributed by atoms with van der Waals surface area (Å²) in [4.78, 5) is 4.14. The van der Waals surface area contributed by atoms with E-state index < -0.39 is 0 Å². The second kappa shape index (κ2) is 4.88. The van der Waals surface area contributed by atoms with Gasteiger partial charge in [-0.3, -0.25) is 0 Å². The average Bonchev–Trinajstić information content (AvgIpc) is 2.95. The standard InChI is InChI=1S/C16H13N2/c1-3-7-14(8-4-1)16(18-12-11-17-13-18)15-9-5-2-6-10-15/h1-13H. The fourth-order valence-corrected chi connectivity index (χ4v) is 2.05. The van der Waals surface area contributed by atoms with Crippen molar-refractivity contribution in [2.24, 2.45) is 0 Å². The van der Waals surface area contributed by atoms with E-state index in [1.54, 1.807) is 6.20 Å². The smallest absolute Gasteiger partial charge is 0.128 e. The summed E-state index contributed by atoms with van der Waals surface area (Å²) in [7, 11) is 0. The SMILES string of the molecule is c1ccc([C](c2ccccc2)n2ccnc2)cc1. The van der Waals surface area contributed by atoms with Crippen LogP contribution < -0.4 is 0 Å². The fourth-order valence-electron chi connectivity index (χ4n) is 2.05. The molecule has 1 heterocycles. The van der Waals surface area contributed by atoms with Gasteiger partial charge >= 0.3 is 0 Å². The zero-order chi connectivity index (χ0) is 12.2. The van der Waals surface area contributed by atoms with Gasteiger partial charge in [0.1, 0.15) is 6.04 Å². The van der Waals surface area contributed by atoms with Crippen LogP contribution in [0.25, 0.3) is 0 Å². The van der Waals surface area contributed by atoms with Crippen LogP contribution in [-0.2, 0) is 0 Å². The van der Waals surface area contributed by atoms with Crippen LogP contribution in [0.3, 0.4) is 0 Å². The molecule has 3 aromatic rings. The Hall–Kier alpha value is -2.35. The first-order valence-corrected chi connectivity index (χ1v) is 5.91. The number of nitrogens with zero attached hydrogens (tertiary/aromatic N) is 2. The van der Waals surface area contributed by atoms with Crippen LogP contribution in [0, 0.1) is 6.04 Å². The minimum atomic E-state index is 1.15. The second-order valence-electron chi connectivity index (χ2n) is 4.05. The average molecular weight is 233 g/mol. The molecule has 18 heavy (non-hydrogen) atoms. The Labute approximate surface area is 107 Å². The minimum Gasteiger partial charge on any atom is -0.320 e. The summed E-state index contributed by atoms with van der Waals surface area (Å²) in [6.45, 7) is 0. The molecule has 0 aliphatic heterocycles. The molecule has 0 amide bonds. The molecule has 0 saturated heterocycles. The highest BCUT2D eigenvalue weighted by Crippen LogP contribution is 2.24. The predicted octanol–water partition coefficient (Wildman–Crippen LogP) is 3.36. The Bertz CT molecular complexity index is 546. The van der Waals surface area contributed by atoms with Gasteiger partial charge in [-0.1, -0.05) is 60.7 Å². The van der Waals surface area contributed by atoms with E-state index >= 15 is 0 Å². The van der Waals surface area contributed by atoms with E-state index in [0.717, 1.165) is 6.04 Å². The maximum Gasteiger partial charge on any atom is 0.128 e. The van der Waals surface area contributed by atoms with Gasteiger partial charge < -0.3 is 4.57 Å². The van der Waals surface area contributed by atoms with Crippen molar-refractivity contribution in [2.45, 2.75) is 0 Å². The Kier molecular flexibility index (Phi) is 2.92. The van der Waals surface area contributed by atoms with Crippen molar-refractivity contribution >= 4 is 0 Å². The summed E-state index contributed by atoms with van der Waals surface area (Å²) in [6.07, 6.45) is 5.59. The molecule has 2 heteroatoms. The quantitative estimate of drug-likeness (QED) is 0.678. The lowest BCUT2D eigenvalue weighted by Gasteiger charge is -2.18. The van der Waals surface area contributed by atoms with Crippen molar-refractivity contribution in [1.29, 1.82) is 0 Å². The molecule has 0 unspecified atom stereocenters. The molecule has 1 aromatic heterocycles. The molecule has 2 nitrogen and oxygen atoms in total. The third-order valence-corrected chi connectivity index (χ3v) is 2.86. The normalized spacial score (nSPS) is 10.7. The molecule has 0 saturated carbocycles. The van der Waals surface area contributed by atoms with Gasteiger partial charge in [-0.05, 0) is 11.1 Å². The number of aromatic nitrogens is 2. The van der Waals surface area contributed by atoms with Crippen molar-refractivity contribution < 1.29 is 0 Å². The van der Waals surface area contributed by atoms with E-state index in [1.165, 1.54) is 11.1 Å². The molecule has 0 fully saturated rings. The van der Waals surface area contributed by atoms with Crippen molar-refractivity contribution in [3.05, 3.63) is 96.6 Å². The Balaban J connectivity index is 2.11. The van der Waals surface area contributed by atoms with Crippen molar-refractivity contribution in [2.75, 3.05) is 0 Å². The van der Waals surface area contributed by atoms with Crippen molar-refractivity contribution in [3.63, 3.8) is 0 Å². The summed E-state index contributed by atoms with van der Waals surface area (Å²) in [5, 5.41) is 0. The third-order valence-electron chi connectivity index (χ3n) is 2.86. The van der Waals surface area contributed by atoms with Gasteiger partial charge in [0.2, 0.25) is 0 Å². The largest absolute Gasteiger partial charge is 0.320 e. The molecule has 0 bridgehead atoms. The molecule has 3 rings (SSSR count). The summed E-state index contributed by atoms with van der Waals surface area (Å²) < 4.78 is 2.05. The highest BCUT2D eigenvalue weighted by Gasteiger charge is 2.16. The Morgan fingerprint density at radius 1 is 0.778 bits per heavy atom. The van der Waals surface area contributed by atoms with Gasteiger partial charge in [-0.15, -0.1) is 0 Å². The maximum atomic E-state index is 4.14. The zero-order valence-electron chi connectivity index (χ0n) is 9.90. The summed E-state index contributed by atoms with van der Waals surface area (Å²) in [5.41, 5.74) is 2.36. The van der Waals surface area contributed by atoms with Crippen LogP contribution >= 0.6 is 0 Å². The van der Waals surface area contributed by atoms with E-state index in [2.05, 4.69) is 53.5 Å². The van der Waals surface area contributed by atoms with Gasteiger partial charge in [-0.25, -0.2) is 4.98 Å². The molecule has 0 N–H and O–H groups in total. The molecular weight excluding hydrogens is 220 g/mol. The van der Waals surface area contributed by atoms with E-state index in [1.807, 2.05) is 29.2 Å². The number of hydrogen-bond acceptors (Lipinski definition) is 1. The van der Waals surface area contributed by atoms with E-state index in [-0.39, 0.29) is 0 Å². The van der Waals surface area contributed by atoms with Gasteiger partial charge in [0, 0.05) is 12.4 Å². The first-order chi connectivity index (χ1) is 8.95. The number of benzene rings is 2. The second-order valence-corrected chi connectivity index (χ2v) is 4.05. The predicted molar refractivity (Wildman–Crippen MR) is 72.0 cm³/mol. The summed E-state index contributed by atoms with van der Waals surface area (Å²) in [5.74, 6) is 0. The number of hydrogen-bond donors (Lipinski definition) is 0. The van der Waals surface area contributed by atoms with E-state index in [0.29, 0.717) is 0 Å².